The zero-order valence-corrected chi connectivity index (χ0v) is 9.83. The number of hydrogen-bond acceptors (Lipinski definition) is 4. The number of ether oxygens (including phenoxy) is 1. The van der Waals surface area contributed by atoms with Crippen LogP contribution in [0, 0.1) is 10.1 Å². The Morgan fingerprint density at radius 3 is 2.83 bits per heavy atom. The van der Waals surface area contributed by atoms with Crippen LogP contribution in [0.25, 0.3) is 0 Å². The number of aliphatic carboxylic acids is 1. The van der Waals surface area contributed by atoms with Crippen molar-refractivity contribution in [2.75, 3.05) is 6.61 Å². The van der Waals surface area contributed by atoms with E-state index < -0.39 is 16.8 Å². The third kappa shape index (κ3) is 3.07. The van der Waals surface area contributed by atoms with Gasteiger partial charge in [-0.1, -0.05) is 18.7 Å². The van der Waals surface area contributed by atoms with Crippen LogP contribution < -0.4 is 4.74 Å². The van der Waals surface area contributed by atoms with Crippen LogP contribution in [0.4, 0.5) is 5.69 Å². The molecule has 1 unspecified atom stereocenters. The lowest BCUT2D eigenvalue weighted by Crippen LogP contribution is -2.08. The minimum Gasteiger partial charge on any atom is -0.483 e. The predicted octanol–water partition coefficient (Wildman–Crippen LogP) is 2.35. The lowest BCUT2D eigenvalue weighted by Gasteiger charge is -2.09. The quantitative estimate of drug-likeness (QED) is 0.476. The molecule has 0 aliphatic carbocycles. The Bertz CT molecular complexity index is 483. The number of carboxylic acids is 1. The average molecular weight is 251 g/mol. The molecule has 0 saturated carbocycles. The summed E-state index contributed by atoms with van der Waals surface area (Å²) < 4.78 is 5.14. The predicted molar refractivity (Wildman–Crippen MR) is 64.8 cm³/mol. The van der Waals surface area contributed by atoms with E-state index in [4.69, 9.17) is 9.84 Å². The van der Waals surface area contributed by atoms with Gasteiger partial charge in [-0.15, -0.1) is 0 Å². The van der Waals surface area contributed by atoms with E-state index in [9.17, 15) is 14.9 Å². The monoisotopic (exact) mass is 251 g/mol. The van der Waals surface area contributed by atoms with Crippen molar-refractivity contribution >= 4 is 11.7 Å². The summed E-state index contributed by atoms with van der Waals surface area (Å²) in [6, 6.07) is 4.12. The summed E-state index contributed by atoms with van der Waals surface area (Å²) in [6.07, 6.45) is 1.47. The minimum atomic E-state index is -1.04. The largest absolute Gasteiger partial charge is 0.483 e. The molecule has 0 bridgehead atoms. The van der Waals surface area contributed by atoms with Gasteiger partial charge in [0.1, 0.15) is 6.61 Å². The van der Waals surface area contributed by atoms with Crippen molar-refractivity contribution in [3.05, 3.63) is 46.5 Å². The fourth-order valence-corrected chi connectivity index (χ4v) is 1.36. The number of carboxylic acid groups (broad SMARTS) is 1. The molecule has 0 aromatic heterocycles. The average Bonchev–Trinajstić information content (AvgIpc) is 2.34. The van der Waals surface area contributed by atoms with Gasteiger partial charge in [0.05, 0.1) is 10.8 Å². The molecule has 96 valence electrons. The molecule has 0 radical (unpaired) electrons. The molecule has 0 fully saturated rings. The molecule has 6 heteroatoms. The van der Waals surface area contributed by atoms with Crippen molar-refractivity contribution in [1.29, 1.82) is 0 Å². The van der Waals surface area contributed by atoms with Gasteiger partial charge < -0.3 is 9.84 Å². The summed E-state index contributed by atoms with van der Waals surface area (Å²) in [7, 11) is 0. The molecule has 1 aromatic carbocycles. The fraction of sp³-hybridized carbons (Fsp3) is 0.250. The Kier molecular flexibility index (Phi) is 4.42. The van der Waals surface area contributed by atoms with E-state index in [1.807, 2.05) is 0 Å². The molecule has 1 atom stereocenters. The first-order valence-corrected chi connectivity index (χ1v) is 5.22. The van der Waals surface area contributed by atoms with Crippen LogP contribution in [-0.2, 0) is 4.79 Å². The maximum atomic E-state index is 10.9. The Morgan fingerprint density at radius 2 is 2.33 bits per heavy atom. The third-order valence-electron chi connectivity index (χ3n) is 2.41. The highest BCUT2D eigenvalue weighted by Gasteiger charge is 2.21. The van der Waals surface area contributed by atoms with Crippen LogP contribution in [0.2, 0.25) is 0 Å². The van der Waals surface area contributed by atoms with Gasteiger partial charge in [0, 0.05) is 6.07 Å². The number of rotatable bonds is 6. The molecule has 0 aliphatic heterocycles. The first kappa shape index (κ1) is 13.7. The van der Waals surface area contributed by atoms with Gasteiger partial charge >= 0.3 is 11.7 Å². The van der Waals surface area contributed by atoms with Crippen LogP contribution in [0.3, 0.4) is 0 Å². The lowest BCUT2D eigenvalue weighted by atomic mass is 10.0. The molecule has 1 rings (SSSR count). The van der Waals surface area contributed by atoms with Gasteiger partial charge in [0.2, 0.25) is 0 Å². The molecule has 1 N–H and O–H groups in total. The van der Waals surface area contributed by atoms with E-state index in [2.05, 4.69) is 6.58 Å². The third-order valence-corrected chi connectivity index (χ3v) is 2.41. The van der Waals surface area contributed by atoms with Gasteiger partial charge in [-0.3, -0.25) is 14.9 Å². The van der Waals surface area contributed by atoms with Crippen molar-refractivity contribution in [1.82, 2.24) is 0 Å². The Balaban J connectivity index is 3.14. The maximum absolute atomic E-state index is 10.9. The molecule has 0 heterocycles. The highest BCUT2D eigenvalue weighted by Crippen LogP contribution is 2.30. The van der Waals surface area contributed by atoms with Gasteiger partial charge in [0.15, 0.2) is 5.75 Å². The van der Waals surface area contributed by atoms with E-state index >= 15 is 0 Å². The van der Waals surface area contributed by atoms with Crippen molar-refractivity contribution in [2.45, 2.75) is 12.8 Å². The summed E-state index contributed by atoms with van der Waals surface area (Å²) in [4.78, 5) is 21.1. The van der Waals surface area contributed by atoms with Crippen molar-refractivity contribution < 1.29 is 19.6 Å². The standard InChI is InChI=1S/C12H13NO5/c1-3-6-18-11-5-4-9(8(2)12(14)15)7-10(11)13(16)17/h3-5,7-8H,1,6H2,2H3,(H,14,15). The number of nitro benzene ring substituents is 1. The molecule has 0 amide bonds. The second-order valence-electron chi connectivity index (χ2n) is 3.64. The molecule has 0 aliphatic rings. The Morgan fingerprint density at radius 1 is 1.67 bits per heavy atom. The van der Waals surface area contributed by atoms with Crippen LogP contribution in [0.5, 0.6) is 5.75 Å². The Labute approximate surface area is 104 Å². The summed E-state index contributed by atoms with van der Waals surface area (Å²) >= 11 is 0. The molecule has 0 spiro atoms. The second-order valence-corrected chi connectivity index (χ2v) is 3.64. The first-order chi connectivity index (χ1) is 8.47. The van der Waals surface area contributed by atoms with E-state index in [0.717, 1.165) is 0 Å². The number of nitrogens with zero attached hydrogens (tertiary/aromatic N) is 1. The summed E-state index contributed by atoms with van der Waals surface area (Å²) in [5.74, 6) is -1.75. The molecule has 6 nitrogen and oxygen atoms in total. The normalized spacial score (nSPS) is 11.6. The number of benzene rings is 1. The van der Waals surface area contributed by atoms with E-state index in [1.54, 1.807) is 0 Å². The molecule has 18 heavy (non-hydrogen) atoms. The van der Waals surface area contributed by atoms with Gasteiger partial charge in [-0.25, -0.2) is 0 Å². The van der Waals surface area contributed by atoms with Crippen molar-refractivity contribution in [2.24, 2.45) is 0 Å². The second kappa shape index (κ2) is 5.81. The first-order valence-electron chi connectivity index (χ1n) is 5.22. The van der Waals surface area contributed by atoms with Crippen LogP contribution in [0.1, 0.15) is 18.4 Å². The van der Waals surface area contributed by atoms with Crippen molar-refractivity contribution in [3.63, 3.8) is 0 Å². The molecule has 1 aromatic rings. The number of carbonyl (C=O) groups is 1. The lowest BCUT2D eigenvalue weighted by molar-refractivity contribution is -0.385. The molecular formula is C12H13NO5. The number of nitro groups is 1. The van der Waals surface area contributed by atoms with E-state index in [1.165, 1.54) is 31.2 Å². The van der Waals surface area contributed by atoms with E-state index in [-0.39, 0.29) is 18.0 Å². The zero-order chi connectivity index (χ0) is 13.7. The van der Waals surface area contributed by atoms with Crippen LogP contribution in [0.15, 0.2) is 30.9 Å². The smallest absolute Gasteiger partial charge is 0.311 e. The fourth-order valence-electron chi connectivity index (χ4n) is 1.36. The van der Waals surface area contributed by atoms with Gasteiger partial charge in [-0.2, -0.15) is 0 Å². The number of hydrogen-bond donors (Lipinski definition) is 1. The highest BCUT2D eigenvalue weighted by molar-refractivity contribution is 5.76. The topological polar surface area (TPSA) is 89.7 Å². The SMILES string of the molecule is C=CCOc1ccc(C(C)C(=O)O)cc1[N+](=O)[O-]. The van der Waals surface area contributed by atoms with Crippen molar-refractivity contribution in [3.8, 4) is 5.75 Å². The molecular weight excluding hydrogens is 238 g/mol. The summed E-state index contributed by atoms with van der Waals surface area (Å²) in [5.41, 5.74) is 0.114. The van der Waals surface area contributed by atoms with Gasteiger partial charge in [0.25, 0.3) is 0 Å². The van der Waals surface area contributed by atoms with Crippen LogP contribution >= 0.6 is 0 Å². The summed E-state index contributed by atoms with van der Waals surface area (Å²) in [5, 5.41) is 19.7. The van der Waals surface area contributed by atoms with Gasteiger partial charge in [-0.05, 0) is 18.6 Å². The van der Waals surface area contributed by atoms with E-state index in [0.29, 0.717) is 5.56 Å². The molecule has 0 saturated heterocycles. The zero-order valence-electron chi connectivity index (χ0n) is 9.83. The Hall–Kier alpha value is -2.37. The summed E-state index contributed by atoms with van der Waals surface area (Å²) in [6.45, 7) is 5.06. The highest BCUT2D eigenvalue weighted by atomic mass is 16.6. The maximum Gasteiger partial charge on any atom is 0.311 e. The minimum absolute atomic E-state index is 0.0984. The van der Waals surface area contributed by atoms with Crippen LogP contribution in [-0.4, -0.2) is 22.6 Å².